The Bertz CT molecular complexity index is 208. The summed E-state index contributed by atoms with van der Waals surface area (Å²) in [6.45, 7) is 8.52. The first-order chi connectivity index (χ1) is 7.20. The molecule has 0 aliphatic carbocycles. The lowest BCUT2D eigenvalue weighted by molar-refractivity contribution is 0.237. The van der Waals surface area contributed by atoms with E-state index in [1.54, 1.807) is 0 Å². The Morgan fingerprint density at radius 1 is 1.40 bits per heavy atom. The zero-order valence-electron chi connectivity index (χ0n) is 9.95. The zero-order valence-corrected chi connectivity index (χ0v) is 9.95. The van der Waals surface area contributed by atoms with Gasteiger partial charge in [0.15, 0.2) is 0 Å². The molecule has 0 saturated carbocycles. The second-order valence-electron chi connectivity index (χ2n) is 5.42. The molecular weight excluding hydrogens is 188 g/mol. The van der Waals surface area contributed by atoms with Crippen molar-refractivity contribution in [1.29, 1.82) is 0 Å². The third-order valence-corrected chi connectivity index (χ3v) is 4.13. The number of aliphatic hydroxyl groups is 1. The summed E-state index contributed by atoms with van der Waals surface area (Å²) in [7, 11) is 0. The summed E-state index contributed by atoms with van der Waals surface area (Å²) in [5.41, 5.74) is 0. The summed E-state index contributed by atoms with van der Waals surface area (Å²) in [6.07, 6.45) is 2.52. The first-order valence-electron chi connectivity index (χ1n) is 6.29. The number of aliphatic hydroxyl groups excluding tert-OH is 1. The van der Waals surface area contributed by atoms with Crippen LogP contribution in [0.1, 0.15) is 26.7 Å². The van der Waals surface area contributed by atoms with Gasteiger partial charge in [-0.3, -0.25) is 0 Å². The Kier molecular flexibility index (Phi) is 3.65. The van der Waals surface area contributed by atoms with Crippen LogP contribution < -0.4 is 5.32 Å². The topological polar surface area (TPSA) is 35.5 Å². The molecule has 3 heteroatoms. The Labute approximate surface area is 92.8 Å². The van der Waals surface area contributed by atoms with Crippen molar-refractivity contribution in [2.75, 3.05) is 26.2 Å². The zero-order chi connectivity index (χ0) is 10.8. The number of hydrogen-bond donors (Lipinski definition) is 2. The number of nitrogens with zero attached hydrogens (tertiary/aromatic N) is 1. The summed E-state index contributed by atoms with van der Waals surface area (Å²) in [4.78, 5) is 2.58. The summed E-state index contributed by atoms with van der Waals surface area (Å²) < 4.78 is 0. The van der Waals surface area contributed by atoms with Gasteiger partial charge in [0, 0.05) is 18.6 Å². The van der Waals surface area contributed by atoms with Crippen molar-refractivity contribution in [3.8, 4) is 0 Å². The van der Waals surface area contributed by atoms with Gasteiger partial charge < -0.3 is 15.3 Å². The van der Waals surface area contributed by atoms with Gasteiger partial charge in [-0.15, -0.1) is 0 Å². The molecule has 0 aromatic carbocycles. The first-order valence-corrected chi connectivity index (χ1v) is 6.29. The van der Waals surface area contributed by atoms with Crippen LogP contribution in [0.15, 0.2) is 0 Å². The van der Waals surface area contributed by atoms with Crippen LogP contribution in [0.2, 0.25) is 0 Å². The molecular formula is C12H24N2O. The van der Waals surface area contributed by atoms with Crippen LogP contribution in [-0.2, 0) is 0 Å². The van der Waals surface area contributed by atoms with E-state index in [9.17, 15) is 0 Å². The summed E-state index contributed by atoms with van der Waals surface area (Å²) in [6, 6.07) is 1.06. The van der Waals surface area contributed by atoms with Gasteiger partial charge in [-0.1, -0.05) is 0 Å². The van der Waals surface area contributed by atoms with Gasteiger partial charge in [-0.2, -0.15) is 0 Å². The normalized spacial score (nSPS) is 38.0. The Hall–Kier alpha value is -0.120. The van der Waals surface area contributed by atoms with Crippen molar-refractivity contribution < 1.29 is 5.11 Å². The van der Waals surface area contributed by atoms with Crippen LogP contribution in [0.5, 0.6) is 0 Å². The highest BCUT2D eigenvalue weighted by Gasteiger charge is 2.34. The minimum absolute atomic E-state index is 0.303. The molecule has 2 aliphatic rings. The number of nitrogens with one attached hydrogen (secondary N) is 1. The first kappa shape index (κ1) is 11.4. The van der Waals surface area contributed by atoms with E-state index in [1.807, 2.05) is 0 Å². The molecule has 3 nitrogen and oxygen atoms in total. The van der Waals surface area contributed by atoms with Crippen LogP contribution >= 0.6 is 0 Å². The standard InChI is InChI=1S/C12H24N2O/c1-9(2)14-4-3-10(7-14)11-5-12(8-15)13-6-11/h9-13,15H,3-8H2,1-2H3. The second-order valence-corrected chi connectivity index (χ2v) is 5.42. The van der Waals surface area contributed by atoms with E-state index in [0.717, 1.165) is 18.4 Å². The third-order valence-electron chi connectivity index (χ3n) is 4.13. The summed E-state index contributed by atoms with van der Waals surface area (Å²) >= 11 is 0. The van der Waals surface area contributed by atoms with Crippen molar-refractivity contribution >= 4 is 0 Å². The molecule has 3 unspecified atom stereocenters. The van der Waals surface area contributed by atoms with E-state index in [4.69, 9.17) is 5.11 Å². The smallest absolute Gasteiger partial charge is 0.0584 e. The van der Waals surface area contributed by atoms with Crippen LogP contribution in [0, 0.1) is 11.8 Å². The van der Waals surface area contributed by atoms with Crippen LogP contribution in [0.25, 0.3) is 0 Å². The van der Waals surface area contributed by atoms with Gasteiger partial charge in [0.2, 0.25) is 0 Å². The average Bonchev–Trinajstić information content (AvgIpc) is 2.86. The van der Waals surface area contributed by atoms with Crippen LogP contribution in [-0.4, -0.2) is 48.3 Å². The van der Waals surface area contributed by atoms with E-state index in [1.165, 1.54) is 25.9 Å². The van der Waals surface area contributed by atoms with E-state index in [-0.39, 0.29) is 0 Å². The van der Waals surface area contributed by atoms with Gasteiger partial charge in [0.1, 0.15) is 0 Å². The number of rotatable bonds is 3. The molecule has 2 N–H and O–H groups in total. The fourth-order valence-electron chi connectivity index (χ4n) is 3.02. The van der Waals surface area contributed by atoms with E-state index >= 15 is 0 Å². The molecule has 0 aromatic heterocycles. The largest absolute Gasteiger partial charge is 0.395 e. The fourth-order valence-corrected chi connectivity index (χ4v) is 3.02. The maximum Gasteiger partial charge on any atom is 0.0584 e. The maximum absolute atomic E-state index is 9.09. The molecule has 2 fully saturated rings. The van der Waals surface area contributed by atoms with E-state index < -0.39 is 0 Å². The molecule has 15 heavy (non-hydrogen) atoms. The highest BCUT2D eigenvalue weighted by Crippen LogP contribution is 2.30. The van der Waals surface area contributed by atoms with E-state index in [0.29, 0.717) is 18.7 Å². The lowest BCUT2D eigenvalue weighted by atomic mass is 9.89. The van der Waals surface area contributed by atoms with Gasteiger partial charge in [0.25, 0.3) is 0 Å². The predicted octanol–water partition coefficient (Wildman–Crippen LogP) is 0.687. The second kappa shape index (κ2) is 4.81. The molecule has 2 rings (SSSR count). The fraction of sp³-hybridized carbons (Fsp3) is 1.00. The van der Waals surface area contributed by atoms with Crippen LogP contribution in [0.4, 0.5) is 0 Å². The van der Waals surface area contributed by atoms with Gasteiger partial charge in [0.05, 0.1) is 6.61 Å². The lowest BCUT2D eigenvalue weighted by Crippen LogP contribution is -2.29. The molecule has 0 radical (unpaired) electrons. The lowest BCUT2D eigenvalue weighted by Gasteiger charge is -2.22. The minimum atomic E-state index is 0.303. The monoisotopic (exact) mass is 212 g/mol. The molecule has 0 spiro atoms. The van der Waals surface area contributed by atoms with Crippen molar-refractivity contribution in [1.82, 2.24) is 10.2 Å². The van der Waals surface area contributed by atoms with Crippen molar-refractivity contribution in [2.45, 2.75) is 38.8 Å². The Morgan fingerprint density at radius 2 is 2.20 bits per heavy atom. The van der Waals surface area contributed by atoms with Crippen molar-refractivity contribution in [2.24, 2.45) is 11.8 Å². The molecule has 88 valence electrons. The van der Waals surface area contributed by atoms with Crippen molar-refractivity contribution in [3.63, 3.8) is 0 Å². The minimum Gasteiger partial charge on any atom is -0.395 e. The van der Waals surface area contributed by atoms with Crippen molar-refractivity contribution in [3.05, 3.63) is 0 Å². The number of likely N-dealkylation sites (tertiary alicyclic amines) is 1. The average molecular weight is 212 g/mol. The van der Waals surface area contributed by atoms with E-state index in [2.05, 4.69) is 24.1 Å². The molecule has 0 amide bonds. The highest BCUT2D eigenvalue weighted by atomic mass is 16.3. The summed E-state index contributed by atoms with van der Waals surface area (Å²) in [5.74, 6) is 1.65. The SMILES string of the molecule is CC(C)N1CCC(C2CNC(CO)C2)C1. The molecule has 0 bridgehead atoms. The van der Waals surface area contributed by atoms with Crippen LogP contribution in [0.3, 0.4) is 0 Å². The molecule has 2 saturated heterocycles. The predicted molar refractivity (Wildman–Crippen MR) is 61.8 cm³/mol. The molecule has 2 aliphatic heterocycles. The number of hydrogen-bond acceptors (Lipinski definition) is 3. The quantitative estimate of drug-likeness (QED) is 0.722. The highest BCUT2D eigenvalue weighted by molar-refractivity contribution is 4.90. The van der Waals surface area contributed by atoms with Gasteiger partial charge in [-0.25, -0.2) is 0 Å². The molecule has 0 aromatic rings. The van der Waals surface area contributed by atoms with Gasteiger partial charge >= 0.3 is 0 Å². The Balaban J connectivity index is 1.81. The van der Waals surface area contributed by atoms with Gasteiger partial charge in [-0.05, 0) is 51.6 Å². The molecule has 2 heterocycles. The third kappa shape index (κ3) is 2.52. The summed E-state index contributed by atoms with van der Waals surface area (Å²) in [5, 5.41) is 12.5. The molecule has 3 atom stereocenters. The Morgan fingerprint density at radius 3 is 2.73 bits per heavy atom. The maximum atomic E-state index is 9.09.